The molecule has 24 valence electrons. The standard InChI is InChI=1S/CHO2S.Li/c1-4(2)3;/h1H;/q-1;+1. The summed E-state index contributed by atoms with van der Waals surface area (Å²) in [6.45, 7) is 0. The van der Waals surface area contributed by atoms with Crippen LogP contribution in [-0.4, -0.2) is 14.3 Å². The monoisotopic (exact) mass is 84.0 g/mol. The molecule has 0 spiro atoms. The fraction of sp³-hybridized carbons (Fsp3) is 0. The molecule has 0 amide bonds. The van der Waals surface area contributed by atoms with Crippen molar-refractivity contribution in [3.63, 3.8) is 0 Å². The van der Waals surface area contributed by atoms with Crippen LogP contribution in [0, 0.1) is 0 Å². The Kier molecular flexibility index (Phi) is 7.71. The summed E-state index contributed by atoms with van der Waals surface area (Å²) in [7, 11) is -2.36. The SMILES string of the molecule is [CH-]=S(=O)=O.[Li+]. The zero-order valence-electron chi connectivity index (χ0n) is 2.80. The molecule has 2 nitrogen and oxygen atoms in total. The molecule has 0 unspecified atom stereocenters. The average Bonchev–Trinajstić information content (AvgIpc) is 0.811. The molecule has 0 aliphatic rings. The van der Waals surface area contributed by atoms with E-state index in [1.165, 1.54) is 0 Å². The largest absolute Gasteiger partial charge is 1.00 e. The molecular formula is CHLiO2S. The average molecular weight is 84.0 g/mol. The van der Waals surface area contributed by atoms with E-state index in [-0.39, 0.29) is 18.9 Å². The van der Waals surface area contributed by atoms with Crippen LogP contribution in [0.15, 0.2) is 0 Å². The van der Waals surface area contributed by atoms with Gasteiger partial charge in [0.15, 0.2) is 0 Å². The first-order valence-corrected chi connectivity index (χ1v) is 1.71. The number of rotatable bonds is 0. The van der Waals surface area contributed by atoms with Gasteiger partial charge in [0, 0.05) is 10.3 Å². The summed E-state index contributed by atoms with van der Waals surface area (Å²) in [6, 6.07) is 0. The zero-order chi connectivity index (χ0) is 3.58. The Labute approximate surface area is 43.9 Å². The van der Waals surface area contributed by atoms with Crippen molar-refractivity contribution in [2.24, 2.45) is 0 Å². The van der Waals surface area contributed by atoms with Gasteiger partial charge in [-0.1, -0.05) is 0 Å². The molecule has 0 saturated carbocycles. The second-order valence-electron chi connectivity index (χ2n) is 0.260. The Hall–Kier alpha value is 0.287. The first-order chi connectivity index (χ1) is 1.73. The van der Waals surface area contributed by atoms with Gasteiger partial charge in [-0.25, -0.2) is 8.42 Å². The molecule has 0 aromatic rings. The first-order valence-electron chi connectivity index (χ1n) is 0.569. The number of hydrogen-bond acceptors (Lipinski definition) is 2. The van der Waals surface area contributed by atoms with Crippen molar-refractivity contribution in [3.8, 4) is 0 Å². The van der Waals surface area contributed by atoms with E-state index in [9.17, 15) is 0 Å². The Balaban J connectivity index is 0. The molecule has 0 aliphatic heterocycles. The molecule has 0 fully saturated rings. The summed E-state index contributed by atoms with van der Waals surface area (Å²) in [6.07, 6.45) is 0. The minimum Gasteiger partial charge on any atom is -0.376 e. The maximum absolute atomic E-state index is 8.78. The van der Waals surface area contributed by atoms with Crippen molar-refractivity contribution in [1.29, 1.82) is 0 Å². The molecule has 5 heavy (non-hydrogen) atoms. The van der Waals surface area contributed by atoms with E-state index < -0.39 is 10.3 Å². The van der Waals surface area contributed by atoms with E-state index in [0.29, 0.717) is 0 Å². The van der Waals surface area contributed by atoms with Crippen LogP contribution in [0.5, 0.6) is 0 Å². The van der Waals surface area contributed by atoms with E-state index in [1.54, 1.807) is 0 Å². The van der Waals surface area contributed by atoms with Gasteiger partial charge in [-0.2, -0.15) is 0 Å². The summed E-state index contributed by atoms with van der Waals surface area (Å²) in [4.78, 5) is 0. The molecule has 0 radical (unpaired) electrons. The predicted octanol–water partition coefficient (Wildman–Crippen LogP) is -3.82. The second kappa shape index (κ2) is 4.29. The molecule has 0 heterocycles. The number of hydrogen-bond donors (Lipinski definition) is 0. The molecule has 0 aromatic heterocycles. The van der Waals surface area contributed by atoms with Crippen molar-refractivity contribution >= 4 is 16.2 Å². The van der Waals surface area contributed by atoms with Gasteiger partial charge in [-0.05, 0) is 0 Å². The van der Waals surface area contributed by atoms with E-state index in [1.807, 2.05) is 0 Å². The van der Waals surface area contributed by atoms with Crippen LogP contribution in [-0.2, 0) is 10.3 Å². The maximum atomic E-state index is 8.78. The molecule has 0 bridgehead atoms. The van der Waals surface area contributed by atoms with Gasteiger partial charge in [-0.3, -0.25) is 0 Å². The Morgan fingerprint density at radius 3 is 1.40 bits per heavy atom. The third kappa shape index (κ3) is 272. The summed E-state index contributed by atoms with van der Waals surface area (Å²) >= 11 is 0. The fourth-order valence-corrected chi connectivity index (χ4v) is 0. The molecular weight excluding hydrogens is 83.0 g/mol. The van der Waals surface area contributed by atoms with E-state index >= 15 is 0 Å². The third-order valence-electron chi connectivity index (χ3n) is 0. The predicted molar refractivity (Wildman–Crippen MR) is 15.0 cm³/mol. The summed E-state index contributed by atoms with van der Waals surface area (Å²) in [5.41, 5.74) is 0. The minimum absolute atomic E-state index is 0. The molecule has 0 aliphatic carbocycles. The van der Waals surface area contributed by atoms with Gasteiger partial charge in [0.25, 0.3) is 0 Å². The van der Waals surface area contributed by atoms with Gasteiger partial charge in [0.05, 0.1) is 0 Å². The van der Waals surface area contributed by atoms with Crippen LogP contribution in [0.3, 0.4) is 0 Å². The van der Waals surface area contributed by atoms with Crippen molar-refractivity contribution < 1.29 is 27.3 Å². The topological polar surface area (TPSA) is 34.1 Å². The minimum atomic E-state index is -2.36. The summed E-state index contributed by atoms with van der Waals surface area (Å²) in [5, 5.41) is 0. The summed E-state index contributed by atoms with van der Waals surface area (Å²) < 4.78 is 17.6. The van der Waals surface area contributed by atoms with Gasteiger partial charge < -0.3 is 5.87 Å². The second-order valence-corrected chi connectivity index (χ2v) is 0.781. The van der Waals surface area contributed by atoms with Crippen molar-refractivity contribution in [2.45, 2.75) is 0 Å². The zero-order valence-corrected chi connectivity index (χ0v) is 3.62. The van der Waals surface area contributed by atoms with Crippen LogP contribution in [0.4, 0.5) is 0 Å². The molecule has 4 heteroatoms. The Bertz CT molecular complexity index is 79.0. The first kappa shape index (κ1) is 8.99. The van der Waals surface area contributed by atoms with Crippen molar-refractivity contribution in [2.75, 3.05) is 0 Å². The fourth-order valence-electron chi connectivity index (χ4n) is 0. The summed E-state index contributed by atoms with van der Waals surface area (Å²) in [5.74, 6) is 4.03. The Morgan fingerprint density at radius 2 is 1.40 bits per heavy atom. The van der Waals surface area contributed by atoms with Crippen molar-refractivity contribution in [1.82, 2.24) is 0 Å². The van der Waals surface area contributed by atoms with Gasteiger partial charge in [-0.15, -0.1) is 0 Å². The van der Waals surface area contributed by atoms with Gasteiger partial charge >= 0.3 is 18.9 Å². The third-order valence-corrected chi connectivity index (χ3v) is 0. The van der Waals surface area contributed by atoms with Gasteiger partial charge in [0.1, 0.15) is 0 Å². The van der Waals surface area contributed by atoms with E-state index in [4.69, 9.17) is 8.42 Å². The molecule has 0 saturated heterocycles. The molecule has 0 atom stereocenters. The van der Waals surface area contributed by atoms with E-state index in [2.05, 4.69) is 5.87 Å². The Morgan fingerprint density at radius 1 is 1.40 bits per heavy atom. The van der Waals surface area contributed by atoms with Gasteiger partial charge in [0.2, 0.25) is 0 Å². The maximum Gasteiger partial charge on any atom is 1.00 e. The van der Waals surface area contributed by atoms with Crippen LogP contribution in [0.2, 0.25) is 0 Å². The van der Waals surface area contributed by atoms with E-state index in [0.717, 1.165) is 0 Å². The van der Waals surface area contributed by atoms with Crippen LogP contribution in [0.25, 0.3) is 0 Å². The molecule has 0 aromatic carbocycles. The van der Waals surface area contributed by atoms with Crippen LogP contribution in [0.1, 0.15) is 0 Å². The van der Waals surface area contributed by atoms with Crippen LogP contribution >= 0.6 is 0 Å². The quantitative estimate of drug-likeness (QED) is 0.171. The van der Waals surface area contributed by atoms with Crippen molar-refractivity contribution in [3.05, 3.63) is 0 Å². The van der Waals surface area contributed by atoms with Crippen LogP contribution < -0.4 is 18.9 Å². The normalized spacial score (nSPS) is 4.80. The molecule has 0 N–H and O–H groups in total. The smallest absolute Gasteiger partial charge is 0.376 e. The molecule has 0 rings (SSSR count).